The Morgan fingerprint density at radius 1 is 0.926 bits per heavy atom. The number of hydrogen-bond acceptors (Lipinski definition) is 4. The predicted molar refractivity (Wildman–Crippen MR) is 106 cm³/mol. The van der Waals surface area contributed by atoms with Crippen molar-refractivity contribution < 1.29 is 19.1 Å². The van der Waals surface area contributed by atoms with E-state index in [1.165, 1.54) is 0 Å². The highest BCUT2D eigenvalue weighted by Gasteiger charge is 2.21. The van der Waals surface area contributed by atoms with Crippen LogP contribution in [0.4, 0.5) is 11.4 Å². The Hall–Kier alpha value is -3.02. The van der Waals surface area contributed by atoms with E-state index in [0.717, 1.165) is 5.56 Å². The molecule has 0 aliphatic carbocycles. The van der Waals surface area contributed by atoms with Crippen molar-refractivity contribution in [1.29, 1.82) is 0 Å². The first-order chi connectivity index (χ1) is 12.7. The Balaban J connectivity index is 2.06. The summed E-state index contributed by atoms with van der Waals surface area (Å²) in [5, 5.41) is 5.70. The van der Waals surface area contributed by atoms with E-state index < -0.39 is 5.41 Å². The van der Waals surface area contributed by atoms with E-state index in [1.54, 1.807) is 56.7 Å². The average Bonchev–Trinajstić information content (AvgIpc) is 2.61. The molecule has 0 bridgehead atoms. The smallest absolute Gasteiger partial charge is 0.229 e. The standard InChI is InChI=1S/C21H26N2O4/c1-21(2,3)20(25)23-16-8-6-7-15(12-16)22-19(24)11-14-9-10-17(26-4)13-18(14)27-5/h6-10,12-13H,11H2,1-5H3,(H,22,24)(H,23,25). The highest BCUT2D eigenvalue weighted by Crippen LogP contribution is 2.25. The van der Waals surface area contributed by atoms with Crippen LogP contribution in [-0.4, -0.2) is 26.0 Å². The van der Waals surface area contributed by atoms with Gasteiger partial charge in [-0.25, -0.2) is 0 Å². The summed E-state index contributed by atoms with van der Waals surface area (Å²) >= 11 is 0. The molecule has 2 rings (SSSR count). The number of ether oxygens (including phenoxy) is 2. The molecule has 0 saturated heterocycles. The number of amides is 2. The molecule has 0 saturated carbocycles. The van der Waals surface area contributed by atoms with Crippen molar-refractivity contribution >= 4 is 23.2 Å². The first-order valence-electron chi connectivity index (χ1n) is 8.65. The minimum Gasteiger partial charge on any atom is -0.497 e. The second-order valence-corrected chi connectivity index (χ2v) is 7.19. The van der Waals surface area contributed by atoms with Crippen LogP contribution < -0.4 is 20.1 Å². The largest absolute Gasteiger partial charge is 0.497 e. The fraction of sp³-hybridized carbons (Fsp3) is 0.333. The first kappa shape index (κ1) is 20.3. The van der Waals surface area contributed by atoms with Gasteiger partial charge in [0.25, 0.3) is 0 Å². The summed E-state index contributed by atoms with van der Waals surface area (Å²) in [6.45, 7) is 5.53. The monoisotopic (exact) mass is 370 g/mol. The van der Waals surface area contributed by atoms with Crippen LogP contribution in [0.5, 0.6) is 11.5 Å². The van der Waals surface area contributed by atoms with Gasteiger partial charge in [-0.05, 0) is 24.3 Å². The van der Waals surface area contributed by atoms with Crippen LogP contribution in [0.15, 0.2) is 42.5 Å². The molecule has 6 nitrogen and oxygen atoms in total. The lowest BCUT2D eigenvalue weighted by molar-refractivity contribution is -0.123. The highest BCUT2D eigenvalue weighted by molar-refractivity contribution is 5.96. The molecule has 2 amide bonds. The van der Waals surface area contributed by atoms with E-state index in [4.69, 9.17) is 9.47 Å². The maximum Gasteiger partial charge on any atom is 0.229 e. The Morgan fingerprint density at radius 2 is 1.59 bits per heavy atom. The van der Waals surface area contributed by atoms with Crippen LogP contribution in [0.1, 0.15) is 26.3 Å². The average molecular weight is 370 g/mol. The normalized spacial score (nSPS) is 10.9. The molecule has 0 fully saturated rings. The molecular weight excluding hydrogens is 344 g/mol. The van der Waals surface area contributed by atoms with Gasteiger partial charge in [0, 0.05) is 28.4 Å². The van der Waals surface area contributed by atoms with Crippen molar-refractivity contribution in [2.45, 2.75) is 27.2 Å². The van der Waals surface area contributed by atoms with Crippen LogP contribution in [0.2, 0.25) is 0 Å². The number of carbonyl (C=O) groups is 2. The molecule has 0 aliphatic rings. The van der Waals surface area contributed by atoms with Crippen molar-refractivity contribution in [2.24, 2.45) is 5.41 Å². The highest BCUT2D eigenvalue weighted by atomic mass is 16.5. The van der Waals surface area contributed by atoms with Gasteiger partial charge in [0.2, 0.25) is 11.8 Å². The Morgan fingerprint density at radius 3 is 2.19 bits per heavy atom. The Labute approximate surface area is 159 Å². The van der Waals surface area contributed by atoms with Crippen LogP contribution in [0.25, 0.3) is 0 Å². The molecule has 0 spiro atoms. The zero-order chi connectivity index (χ0) is 20.0. The van der Waals surface area contributed by atoms with Gasteiger partial charge in [0.1, 0.15) is 11.5 Å². The van der Waals surface area contributed by atoms with E-state index in [2.05, 4.69) is 10.6 Å². The van der Waals surface area contributed by atoms with Crippen LogP contribution in [0.3, 0.4) is 0 Å². The van der Waals surface area contributed by atoms with E-state index in [9.17, 15) is 9.59 Å². The second kappa shape index (κ2) is 8.58. The lowest BCUT2D eigenvalue weighted by Gasteiger charge is -2.18. The van der Waals surface area contributed by atoms with Crippen LogP contribution >= 0.6 is 0 Å². The summed E-state index contributed by atoms with van der Waals surface area (Å²) in [6, 6.07) is 12.4. The summed E-state index contributed by atoms with van der Waals surface area (Å²) < 4.78 is 10.5. The van der Waals surface area contributed by atoms with Gasteiger partial charge in [-0.15, -0.1) is 0 Å². The lowest BCUT2D eigenvalue weighted by atomic mass is 9.95. The molecule has 6 heteroatoms. The number of carbonyl (C=O) groups excluding carboxylic acids is 2. The SMILES string of the molecule is COc1ccc(CC(=O)Nc2cccc(NC(=O)C(C)(C)C)c2)c(OC)c1. The van der Waals surface area contributed by atoms with Crippen LogP contribution in [0, 0.1) is 5.41 Å². The summed E-state index contributed by atoms with van der Waals surface area (Å²) in [6.07, 6.45) is 0.158. The molecule has 0 heterocycles. The van der Waals surface area contributed by atoms with Crippen molar-refractivity contribution in [2.75, 3.05) is 24.9 Å². The minimum atomic E-state index is -0.496. The Bertz CT molecular complexity index is 825. The van der Waals surface area contributed by atoms with Gasteiger partial charge in [-0.2, -0.15) is 0 Å². The van der Waals surface area contributed by atoms with E-state index >= 15 is 0 Å². The predicted octanol–water partition coefficient (Wildman–Crippen LogP) is 3.87. The molecule has 2 N–H and O–H groups in total. The van der Waals surface area contributed by atoms with Gasteiger partial charge in [-0.1, -0.05) is 32.9 Å². The van der Waals surface area contributed by atoms with Crippen molar-refractivity contribution in [3.8, 4) is 11.5 Å². The van der Waals surface area contributed by atoms with Gasteiger partial charge in [0.15, 0.2) is 0 Å². The molecule has 0 unspecified atom stereocenters. The van der Waals surface area contributed by atoms with Crippen LogP contribution in [-0.2, 0) is 16.0 Å². The summed E-state index contributed by atoms with van der Waals surface area (Å²) in [7, 11) is 3.13. The van der Waals surface area contributed by atoms with Gasteiger partial charge in [-0.3, -0.25) is 9.59 Å². The fourth-order valence-electron chi connectivity index (χ4n) is 2.37. The molecule has 0 atom stereocenters. The second-order valence-electron chi connectivity index (χ2n) is 7.19. The topological polar surface area (TPSA) is 76.7 Å². The van der Waals surface area contributed by atoms with E-state index in [0.29, 0.717) is 22.9 Å². The molecule has 0 radical (unpaired) electrons. The lowest BCUT2D eigenvalue weighted by Crippen LogP contribution is -2.27. The van der Waals surface area contributed by atoms with Gasteiger partial charge < -0.3 is 20.1 Å². The number of anilines is 2. The van der Waals surface area contributed by atoms with E-state index in [-0.39, 0.29) is 18.2 Å². The molecule has 0 aliphatic heterocycles. The maximum atomic E-state index is 12.4. The van der Waals surface area contributed by atoms with Crippen molar-refractivity contribution in [3.05, 3.63) is 48.0 Å². The number of nitrogens with one attached hydrogen (secondary N) is 2. The molecule has 0 aromatic heterocycles. The Kier molecular flexibility index (Phi) is 6.45. The molecule has 144 valence electrons. The number of benzene rings is 2. The summed E-state index contributed by atoms with van der Waals surface area (Å²) in [5.41, 5.74) is 1.51. The van der Waals surface area contributed by atoms with Crippen molar-refractivity contribution in [1.82, 2.24) is 0 Å². The number of methoxy groups -OCH3 is 2. The zero-order valence-electron chi connectivity index (χ0n) is 16.4. The van der Waals surface area contributed by atoms with Gasteiger partial charge in [0.05, 0.1) is 20.6 Å². The quantitative estimate of drug-likeness (QED) is 0.809. The molecule has 27 heavy (non-hydrogen) atoms. The summed E-state index contributed by atoms with van der Waals surface area (Å²) in [5.74, 6) is 0.987. The number of rotatable bonds is 6. The van der Waals surface area contributed by atoms with Crippen molar-refractivity contribution in [3.63, 3.8) is 0 Å². The summed E-state index contributed by atoms with van der Waals surface area (Å²) in [4.78, 5) is 24.5. The zero-order valence-corrected chi connectivity index (χ0v) is 16.4. The molecule has 2 aromatic rings. The fourth-order valence-corrected chi connectivity index (χ4v) is 2.37. The third-order valence-corrected chi connectivity index (χ3v) is 3.93. The number of hydrogen-bond donors (Lipinski definition) is 2. The minimum absolute atomic E-state index is 0.0889. The third-order valence-electron chi connectivity index (χ3n) is 3.93. The van der Waals surface area contributed by atoms with E-state index in [1.807, 2.05) is 20.8 Å². The first-order valence-corrected chi connectivity index (χ1v) is 8.65. The molecular formula is C21H26N2O4. The van der Waals surface area contributed by atoms with Gasteiger partial charge >= 0.3 is 0 Å². The maximum absolute atomic E-state index is 12.4. The third kappa shape index (κ3) is 5.74. The molecule has 2 aromatic carbocycles.